The lowest BCUT2D eigenvalue weighted by Gasteiger charge is -2.04. The molecule has 98 valence electrons. The van der Waals surface area contributed by atoms with Crippen molar-refractivity contribution in [2.24, 2.45) is 5.84 Å². The molecule has 0 saturated heterocycles. The van der Waals surface area contributed by atoms with Crippen molar-refractivity contribution >= 4 is 5.91 Å². The fourth-order valence-electron chi connectivity index (χ4n) is 1.54. The number of benzene rings is 1. The van der Waals surface area contributed by atoms with Gasteiger partial charge in [0.2, 0.25) is 0 Å². The summed E-state index contributed by atoms with van der Waals surface area (Å²) in [4.78, 5) is 29.3. The van der Waals surface area contributed by atoms with E-state index < -0.39 is 11.5 Å². The largest absolute Gasteiger partial charge is 0.497 e. The van der Waals surface area contributed by atoms with Crippen LogP contribution in [-0.2, 0) is 0 Å². The highest BCUT2D eigenvalue weighted by atomic mass is 16.5. The number of ether oxygens (including phenoxy) is 1. The van der Waals surface area contributed by atoms with Gasteiger partial charge in [-0.15, -0.1) is 0 Å². The van der Waals surface area contributed by atoms with Crippen LogP contribution in [0.25, 0.3) is 11.3 Å². The lowest BCUT2D eigenvalue weighted by Crippen LogP contribution is -2.35. The van der Waals surface area contributed by atoms with Gasteiger partial charge in [-0.2, -0.15) is 0 Å². The van der Waals surface area contributed by atoms with E-state index in [0.29, 0.717) is 11.4 Å². The summed E-state index contributed by atoms with van der Waals surface area (Å²) in [6.07, 6.45) is 1.43. The fraction of sp³-hybridized carbons (Fsp3) is 0.0833. The maximum Gasteiger partial charge on any atom is 0.289 e. The average Bonchev–Trinajstić information content (AvgIpc) is 2.47. The number of hydrogen-bond acceptors (Lipinski definition) is 5. The van der Waals surface area contributed by atoms with Gasteiger partial charge in [-0.3, -0.25) is 15.0 Å². The summed E-state index contributed by atoms with van der Waals surface area (Å²) in [5.41, 5.74) is 2.20. The third-order valence-electron chi connectivity index (χ3n) is 2.52. The Morgan fingerprint density at radius 3 is 2.63 bits per heavy atom. The first kappa shape index (κ1) is 12.8. The predicted octanol–water partition coefficient (Wildman–Crippen LogP) is 0.0490. The molecule has 0 atom stereocenters. The zero-order valence-electron chi connectivity index (χ0n) is 10.1. The van der Waals surface area contributed by atoms with E-state index >= 15 is 0 Å². The first-order valence-corrected chi connectivity index (χ1v) is 5.41. The number of aromatic amines is 1. The Morgan fingerprint density at radius 1 is 1.37 bits per heavy atom. The molecule has 0 unspecified atom stereocenters. The molecule has 0 fully saturated rings. The molecule has 1 amide bonds. The highest BCUT2D eigenvalue weighted by Gasteiger charge is 2.12. The molecule has 0 radical (unpaired) electrons. The van der Waals surface area contributed by atoms with E-state index in [1.165, 1.54) is 6.20 Å². The van der Waals surface area contributed by atoms with Crippen LogP contribution in [0.5, 0.6) is 5.75 Å². The van der Waals surface area contributed by atoms with Crippen molar-refractivity contribution in [3.8, 4) is 17.0 Å². The summed E-state index contributed by atoms with van der Waals surface area (Å²) >= 11 is 0. The summed E-state index contributed by atoms with van der Waals surface area (Å²) in [7, 11) is 1.57. The first-order chi connectivity index (χ1) is 9.15. The van der Waals surface area contributed by atoms with Crippen molar-refractivity contribution in [2.45, 2.75) is 0 Å². The smallest absolute Gasteiger partial charge is 0.289 e. The number of hydrazine groups is 1. The Morgan fingerprint density at radius 2 is 2.05 bits per heavy atom. The summed E-state index contributed by atoms with van der Waals surface area (Å²) in [6, 6.07) is 7.04. The number of nitrogen functional groups attached to an aromatic ring is 1. The normalized spacial score (nSPS) is 10.0. The minimum absolute atomic E-state index is 0.282. The van der Waals surface area contributed by atoms with Crippen LogP contribution in [0.3, 0.4) is 0 Å². The van der Waals surface area contributed by atoms with Crippen LogP contribution in [0.1, 0.15) is 10.5 Å². The number of amides is 1. The number of nitrogens with two attached hydrogens (primary N) is 1. The molecule has 1 aromatic carbocycles. The van der Waals surface area contributed by atoms with Crippen LogP contribution in [0.4, 0.5) is 0 Å². The van der Waals surface area contributed by atoms with E-state index in [2.05, 4.69) is 9.97 Å². The van der Waals surface area contributed by atoms with Gasteiger partial charge in [0.1, 0.15) is 5.75 Å². The Labute approximate surface area is 108 Å². The molecular formula is C12H12N4O3. The minimum Gasteiger partial charge on any atom is -0.497 e. The van der Waals surface area contributed by atoms with E-state index in [9.17, 15) is 9.59 Å². The summed E-state index contributed by atoms with van der Waals surface area (Å²) < 4.78 is 5.04. The van der Waals surface area contributed by atoms with Crippen molar-refractivity contribution < 1.29 is 9.53 Å². The number of nitrogens with zero attached hydrogens (tertiary/aromatic N) is 1. The van der Waals surface area contributed by atoms with Crippen molar-refractivity contribution in [1.82, 2.24) is 15.4 Å². The van der Waals surface area contributed by atoms with Gasteiger partial charge in [-0.25, -0.2) is 10.8 Å². The molecule has 2 rings (SSSR count). The quantitative estimate of drug-likeness (QED) is 0.410. The molecule has 0 bridgehead atoms. The van der Waals surface area contributed by atoms with E-state index in [1.54, 1.807) is 31.4 Å². The standard InChI is InChI=1S/C12H12N4O3/c1-19-8-4-2-7(3-5-8)9-6-14-11(17)10(15-9)12(18)16-13/h2-6H,13H2,1H3,(H,14,17)(H,16,18). The SMILES string of the molecule is COc1ccc(-c2c[nH]c(=O)c(C(=O)NN)n2)cc1. The summed E-state index contributed by atoms with van der Waals surface area (Å²) in [5, 5.41) is 0. The Bertz CT molecular complexity index is 649. The highest BCUT2D eigenvalue weighted by molar-refractivity contribution is 5.91. The number of hydrogen-bond donors (Lipinski definition) is 3. The number of aromatic nitrogens is 2. The van der Waals surface area contributed by atoms with Crippen molar-refractivity contribution in [3.05, 3.63) is 46.5 Å². The molecule has 4 N–H and O–H groups in total. The van der Waals surface area contributed by atoms with Crippen molar-refractivity contribution in [2.75, 3.05) is 7.11 Å². The Hall–Kier alpha value is -2.67. The maximum absolute atomic E-state index is 11.4. The van der Waals surface area contributed by atoms with Crippen LogP contribution in [0.15, 0.2) is 35.3 Å². The summed E-state index contributed by atoms with van der Waals surface area (Å²) in [5.74, 6) is 4.95. The number of rotatable bonds is 3. The van der Waals surface area contributed by atoms with Gasteiger partial charge in [0.05, 0.1) is 12.8 Å². The van der Waals surface area contributed by atoms with Gasteiger partial charge >= 0.3 is 0 Å². The number of carbonyl (C=O) groups excluding carboxylic acids is 1. The Kier molecular flexibility index (Phi) is 3.58. The first-order valence-electron chi connectivity index (χ1n) is 5.41. The average molecular weight is 260 g/mol. The number of nitrogens with one attached hydrogen (secondary N) is 2. The second-order valence-electron chi connectivity index (χ2n) is 3.67. The van der Waals surface area contributed by atoms with Crippen LogP contribution in [0.2, 0.25) is 0 Å². The molecule has 19 heavy (non-hydrogen) atoms. The van der Waals surface area contributed by atoms with E-state index in [4.69, 9.17) is 10.6 Å². The molecule has 7 heteroatoms. The monoisotopic (exact) mass is 260 g/mol. The third kappa shape index (κ3) is 2.61. The minimum atomic E-state index is -0.739. The van der Waals surface area contributed by atoms with Crippen LogP contribution < -0.4 is 21.6 Å². The molecular weight excluding hydrogens is 248 g/mol. The molecule has 1 heterocycles. The lowest BCUT2D eigenvalue weighted by atomic mass is 10.1. The second kappa shape index (κ2) is 5.32. The molecule has 1 aromatic heterocycles. The zero-order chi connectivity index (χ0) is 13.8. The highest BCUT2D eigenvalue weighted by Crippen LogP contribution is 2.19. The van der Waals surface area contributed by atoms with Gasteiger partial charge < -0.3 is 9.72 Å². The molecule has 0 aliphatic heterocycles. The molecule has 0 saturated carbocycles. The van der Waals surface area contributed by atoms with Gasteiger partial charge in [0.25, 0.3) is 11.5 Å². The van der Waals surface area contributed by atoms with Gasteiger partial charge in [0, 0.05) is 11.8 Å². The van der Waals surface area contributed by atoms with Gasteiger partial charge in [-0.05, 0) is 24.3 Å². The van der Waals surface area contributed by atoms with Crippen molar-refractivity contribution in [3.63, 3.8) is 0 Å². The fourth-order valence-corrected chi connectivity index (χ4v) is 1.54. The molecule has 2 aromatic rings. The topological polar surface area (TPSA) is 110 Å². The maximum atomic E-state index is 11.4. The molecule has 0 aliphatic rings. The lowest BCUT2D eigenvalue weighted by molar-refractivity contribution is 0.0947. The van der Waals surface area contributed by atoms with E-state index in [0.717, 1.165) is 5.56 Å². The van der Waals surface area contributed by atoms with Crippen LogP contribution in [-0.4, -0.2) is 23.0 Å². The van der Waals surface area contributed by atoms with Crippen molar-refractivity contribution in [1.29, 1.82) is 0 Å². The molecule has 0 spiro atoms. The predicted molar refractivity (Wildman–Crippen MR) is 68.5 cm³/mol. The third-order valence-corrected chi connectivity index (χ3v) is 2.52. The number of methoxy groups -OCH3 is 1. The van der Waals surface area contributed by atoms with Gasteiger partial charge in [0.15, 0.2) is 5.69 Å². The van der Waals surface area contributed by atoms with E-state index in [1.807, 2.05) is 5.43 Å². The summed E-state index contributed by atoms with van der Waals surface area (Å²) in [6.45, 7) is 0. The van der Waals surface area contributed by atoms with Crippen LogP contribution in [0, 0.1) is 0 Å². The zero-order valence-corrected chi connectivity index (χ0v) is 10.1. The second-order valence-corrected chi connectivity index (χ2v) is 3.67. The molecule has 7 nitrogen and oxygen atoms in total. The Balaban J connectivity index is 2.45. The molecule has 0 aliphatic carbocycles. The number of H-pyrrole nitrogens is 1. The van der Waals surface area contributed by atoms with Crippen LogP contribution >= 0.6 is 0 Å². The van der Waals surface area contributed by atoms with E-state index in [-0.39, 0.29) is 5.69 Å². The van der Waals surface area contributed by atoms with Gasteiger partial charge in [-0.1, -0.05) is 0 Å². The number of carbonyl (C=O) groups is 1.